The Kier molecular flexibility index (Phi) is 5.69. The summed E-state index contributed by atoms with van der Waals surface area (Å²) in [5.41, 5.74) is 1.48. The first-order valence-electron chi connectivity index (χ1n) is 5.19. The van der Waals surface area contributed by atoms with Gasteiger partial charge < -0.3 is 18.9 Å². The summed E-state index contributed by atoms with van der Waals surface area (Å²) in [6, 6.07) is 0. The maximum atomic E-state index is 5.96. The molecule has 0 aliphatic rings. The average molecular weight is 295 g/mol. The first kappa shape index (κ1) is 15.1. The lowest BCUT2D eigenvalue weighted by molar-refractivity contribution is 0.302. The van der Waals surface area contributed by atoms with E-state index in [9.17, 15) is 0 Å². The van der Waals surface area contributed by atoms with Crippen LogP contribution in [0.5, 0.6) is 23.0 Å². The van der Waals surface area contributed by atoms with Crippen molar-refractivity contribution in [1.29, 1.82) is 0 Å². The van der Waals surface area contributed by atoms with E-state index in [1.807, 2.05) is 0 Å². The molecule has 6 heteroatoms. The number of halogens is 2. The largest absolute Gasteiger partial charge is 0.492 e. The molecule has 0 saturated carbocycles. The van der Waals surface area contributed by atoms with E-state index in [0.29, 0.717) is 23.0 Å². The lowest BCUT2D eigenvalue weighted by Gasteiger charge is -2.21. The van der Waals surface area contributed by atoms with E-state index in [1.165, 1.54) is 28.4 Å². The Morgan fingerprint density at radius 2 is 0.889 bits per heavy atom. The van der Waals surface area contributed by atoms with Crippen molar-refractivity contribution in [3.63, 3.8) is 0 Å². The molecule has 0 spiro atoms. The summed E-state index contributed by atoms with van der Waals surface area (Å²) >= 11 is 11.9. The van der Waals surface area contributed by atoms with Gasteiger partial charge >= 0.3 is 0 Å². The predicted octanol–water partition coefficient (Wildman–Crippen LogP) is 3.20. The highest BCUT2D eigenvalue weighted by Crippen LogP contribution is 2.50. The fourth-order valence-corrected chi connectivity index (χ4v) is 2.41. The quantitative estimate of drug-likeness (QED) is 0.755. The van der Waals surface area contributed by atoms with Crippen LogP contribution in [-0.2, 0) is 11.8 Å². The van der Waals surface area contributed by atoms with Crippen molar-refractivity contribution in [2.45, 2.75) is 11.8 Å². The van der Waals surface area contributed by atoms with E-state index >= 15 is 0 Å². The number of rotatable bonds is 6. The van der Waals surface area contributed by atoms with Crippen LogP contribution in [-0.4, -0.2) is 28.4 Å². The first-order valence-corrected chi connectivity index (χ1v) is 6.26. The fraction of sp³-hybridized carbons (Fsp3) is 0.500. The molecule has 0 radical (unpaired) electrons. The van der Waals surface area contributed by atoms with Gasteiger partial charge in [0.25, 0.3) is 0 Å². The molecule has 102 valence electrons. The van der Waals surface area contributed by atoms with Gasteiger partial charge in [0.2, 0.25) is 11.5 Å². The molecule has 1 rings (SSSR count). The van der Waals surface area contributed by atoms with Crippen molar-refractivity contribution >= 4 is 23.2 Å². The summed E-state index contributed by atoms with van der Waals surface area (Å²) in [5.74, 6) is 2.40. The fourth-order valence-electron chi connectivity index (χ4n) is 1.84. The van der Waals surface area contributed by atoms with Gasteiger partial charge in [-0.15, -0.1) is 23.2 Å². The Morgan fingerprint density at radius 1 is 0.611 bits per heavy atom. The number of hydrogen-bond acceptors (Lipinski definition) is 4. The van der Waals surface area contributed by atoms with Gasteiger partial charge in [-0.2, -0.15) is 0 Å². The van der Waals surface area contributed by atoms with Crippen LogP contribution in [0, 0.1) is 0 Å². The molecule has 0 amide bonds. The smallest absolute Gasteiger partial charge is 0.207 e. The first-order chi connectivity index (χ1) is 8.69. The second-order valence-corrected chi connectivity index (χ2v) is 3.89. The predicted molar refractivity (Wildman–Crippen MR) is 71.8 cm³/mol. The molecule has 4 nitrogen and oxygen atoms in total. The number of hydrogen-bond donors (Lipinski definition) is 0. The zero-order valence-corrected chi connectivity index (χ0v) is 12.3. The Labute approximate surface area is 117 Å². The van der Waals surface area contributed by atoms with Gasteiger partial charge in [-0.25, -0.2) is 0 Å². The lowest BCUT2D eigenvalue weighted by Crippen LogP contribution is -2.05. The molecule has 0 saturated heterocycles. The van der Waals surface area contributed by atoms with Crippen LogP contribution in [0.1, 0.15) is 11.1 Å². The Bertz CT molecular complexity index is 301. The van der Waals surface area contributed by atoms with Gasteiger partial charge in [-0.3, -0.25) is 0 Å². The molecule has 0 aromatic heterocycles. The summed E-state index contributed by atoms with van der Waals surface area (Å²) in [5, 5.41) is 0. The molecule has 18 heavy (non-hydrogen) atoms. The maximum Gasteiger partial charge on any atom is 0.207 e. The molecular formula is C12H16Cl2O4. The minimum Gasteiger partial charge on any atom is -0.492 e. The van der Waals surface area contributed by atoms with Gasteiger partial charge in [0.05, 0.1) is 40.2 Å². The highest BCUT2D eigenvalue weighted by Gasteiger charge is 2.26. The maximum absolute atomic E-state index is 5.96. The topological polar surface area (TPSA) is 36.9 Å². The van der Waals surface area contributed by atoms with Crippen molar-refractivity contribution < 1.29 is 18.9 Å². The third kappa shape index (κ3) is 2.40. The molecule has 0 N–H and O–H groups in total. The third-order valence-electron chi connectivity index (χ3n) is 2.61. The third-order valence-corrected chi connectivity index (χ3v) is 3.15. The van der Waals surface area contributed by atoms with Crippen LogP contribution in [0.4, 0.5) is 0 Å². The number of methoxy groups -OCH3 is 4. The van der Waals surface area contributed by atoms with E-state index in [1.54, 1.807) is 0 Å². The highest BCUT2D eigenvalue weighted by molar-refractivity contribution is 6.19. The molecular weight excluding hydrogens is 279 g/mol. The van der Waals surface area contributed by atoms with Crippen LogP contribution in [0.3, 0.4) is 0 Å². The second-order valence-electron chi connectivity index (χ2n) is 3.36. The standard InChI is InChI=1S/C12H16Cl2O4/c1-15-9-7(5-13)8(6-14)10(16-2)12(18-4)11(9)17-3/h5-6H2,1-4H3. The van der Waals surface area contributed by atoms with E-state index in [0.717, 1.165) is 11.1 Å². The molecule has 1 aromatic carbocycles. The van der Waals surface area contributed by atoms with Gasteiger partial charge in [0, 0.05) is 11.1 Å². The molecule has 0 unspecified atom stereocenters. The van der Waals surface area contributed by atoms with Crippen molar-refractivity contribution in [2.75, 3.05) is 28.4 Å². The summed E-state index contributed by atoms with van der Waals surface area (Å²) in [4.78, 5) is 0. The molecule has 0 heterocycles. The molecule has 0 fully saturated rings. The van der Waals surface area contributed by atoms with Crippen molar-refractivity contribution in [2.24, 2.45) is 0 Å². The SMILES string of the molecule is COc1c(CCl)c(CCl)c(OC)c(OC)c1OC. The zero-order valence-electron chi connectivity index (χ0n) is 10.8. The minimum absolute atomic E-state index is 0.238. The molecule has 0 aliphatic heterocycles. The number of ether oxygens (including phenoxy) is 4. The zero-order chi connectivity index (χ0) is 13.7. The Balaban J connectivity index is 3.71. The molecule has 0 aliphatic carbocycles. The highest BCUT2D eigenvalue weighted by atomic mass is 35.5. The van der Waals surface area contributed by atoms with Crippen LogP contribution in [0.25, 0.3) is 0 Å². The van der Waals surface area contributed by atoms with Gasteiger partial charge in [0.15, 0.2) is 11.5 Å². The summed E-state index contributed by atoms with van der Waals surface area (Å²) in [6.45, 7) is 0. The number of benzene rings is 1. The molecule has 0 atom stereocenters. The normalized spacial score (nSPS) is 10.1. The van der Waals surface area contributed by atoms with Gasteiger partial charge in [-0.1, -0.05) is 0 Å². The average Bonchev–Trinajstić information content (AvgIpc) is 2.43. The van der Waals surface area contributed by atoms with Crippen LogP contribution in [0.2, 0.25) is 0 Å². The Morgan fingerprint density at radius 3 is 1.06 bits per heavy atom. The van der Waals surface area contributed by atoms with E-state index in [2.05, 4.69) is 0 Å². The van der Waals surface area contributed by atoms with Gasteiger partial charge in [-0.05, 0) is 0 Å². The lowest BCUT2D eigenvalue weighted by atomic mass is 10.1. The van der Waals surface area contributed by atoms with E-state index < -0.39 is 0 Å². The summed E-state index contributed by atoms with van der Waals surface area (Å²) < 4.78 is 21.3. The Hall–Kier alpha value is -1.00. The van der Waals surface area contributed by atoms with Crippen molar-refractivity contribution in [1.82, 2.24) is 0 Å². The second kappa shape index (κ2) is 6.81. The molecule has 1 aromatic rings. The van der Waals surface area contributed by atoms with Crippen LogP contribution >= 0.6 is 23.2 Å². The van der Waals surface area contributed by atoms with Crippen LogP contribution in [0.15, 0.2) is 0 Å². The molecule has 0 bridgehead atoms. The van der Waals surface area contributed by atoms with E-state index in [-0.39, 0.29) is 11.8 Å². The minimum atomic E-state index is 0.238. The van der Waals surface area contributed by atoms with Crippen LogP contribution < -0.4 is 18.9 Å². The number of alkyl halides is 2. The van der Waals surface area contributed by atoms with E-state index in [4.69, 9.17) is 42.1 Å². The van der Waals surface area contributed by atoms with Gasteiger partial charge in [0.1, 0.15) is 0 Å². The monoisotopic (exact) mass is 294 g/mol. The van der Waals surface area contributed by atoms with Crippen molar-refractivity contribution in [3.8, 4) is 23.0 Å². The van der Waals surface area contributed by atoms with Crippen molar-refractivity contribution in [3.05, 3.63) is 11.1 Å². The summed E-state index contributed by atoms with van der Waals surface area (Å²) in [7, 11) is 6.13. The summed E-state index contributed by atoms with van der Waals surface area (Å²) in [6.07, 6.45) is 0.